The highest BCUT2D eigenvalue weighted by Gasteiger charge is 2.16. The van der Waals surface area contributed by atoms with Gasteiger partial charge in [-0.05, 0) is 37.6 Å². The fraction of sp³-hybridized carbons (Fsp3) is 0.263. The molecule has 0 aliphatic heterocycles. The van der Waals surface area contributed by atoms with E-state index in [4.69, 9.17) is 4.42 Å². The van der Waals surface area contributed by atoms with Gasteiger partial charge in [0, 0.05) is 30.2 Å². The third-order valence-corrected chi connectivity index (χ3v) is 4.16. The lowest BCUT2D eigenvalue weighted by Gasteiger charge is -2.24. The van der Waals surface area contributed by atoms with Crippen molar-refractivity contribution in [2.75, 3.05) is 6.54 Å². The van der Waals surface area contributed by atoms with Gasteiger partial charge in [-0.2, -0.15) is 0 Å². The van der Waals surface area contributed by atoms with Gasteiger partial charge in [-0.15, -0.1) is 0 Å². The van der Waals surface area contributed by atoms with Crippen LogP contribution in [0.4, 0.5) is 4.79 Å². The van der Waals surface area contributed by atoms with Crippen LogP contribution in [0.25, 0.3) is 5.69 Å². The number of nitrogens with one attached hydrogen (secondary N) is 1. The number of hydrogen-bond donors (Lipinski definition) is 1. The van der Waals surface area contributed by atoms with Crippen LogP contribution in [0.2, 0.25) is 0 Å². The molecule has 130 valence electrons. The van der Waals surface area contributed by atoms with E-state index in [2.05, 4.69) is 10.3 Å². The first-order chi connectivity index (χ1) is 12.2. The minimum atomic E-state index is -0.0881. The summed E-state index contributed by atoms with van der Waals surface area (Å²) >= 11 is 0. The van der Waals surface area contributed by atoms with Gasteiger partial charge in [-0.1, -0.05) is 12.1 Å². The zero-order chi connectivity index (χ0) is 17.6. The van der Waals surface area contributed by atoms with Gasteiger partial charge in [-0.25, -0.2) is 9.78 Å². The Labute approximate surface area is 147 Å². The Morgan fingerprint density at radius 3 is 2.72 bits per heavy atom. The van der Waals surface area contributed by atoms with Crippen molar-refractivity contribution in [3.05, 3.63) is 72.7 Å². The first-order valence-electron chi connectivity index (χ1n) is 8.32. The molecule has 0 bridgehead atoms. The topological polar surface area (TPSA) is 63.3 Å². The van der Waals surface area contributed by atoms with Crippen molar-refractivity contribution < 1.29 is 9.21 Å². The first-order valence-corrected chi connectivity index (χ1v) is 8.32. The molecule has 3 aromatic rings. The molecule has 25 heavy (non-hydrogen) atoms. The molecule has 1 N–H and O–H groups in total. The molecule has 1 atom stereocenters. The standard InChI is InChI=1S/C19H22N4O2/c1-3-22(12-16-8-11-25-13-16)19(24)21-15(2)17-4-6-18(7-5-17)23-10-9-20-14-23/h4-11,13-15H,3,12H2,1-2H3,(H,21,24)/t15-/m0/s1. The van der Waals surface area contributed by atoms with Gasteiger partial charge in [0.25, 0.3) is 0 Å². The summed E-state index contributed by atoms with van der Waals surface area (Å²) < 4.78 is 7.01. The van der Waals surface area contributed by atoms with E-state index in [9.17, 15) is 4.79 Å². The molecule has 2 aromatic heterocycles. The number of benzene rings is 1. The Morgan fingerprint density at radius 2 is 2.12 bits per heavy atom. The molecule has 6 heteroatoms. The van der Waals surface area contributed by atoms with Gasteiger partial charge < -0.3 is 19.2 Å². The Bertz CT molecular complexity index is 779. The van der Waals surface area contributed by atoms with Crippen LogP contribution >= 0.6 is 0 Å². The molecule has 0 aliphatic carbocycles. The van der Waals surface area contributed by atoms with Crippen LogP contribution in [0.1, 0.15) is 31.0 Å². The minimum absolute atomic E-state index is 0.0808. The predicted molar refractivity (Wildman–Crippen MR) is 95.3 cm³/mol. The van der Waals surface area contributed by atoms with Crippen molar-refractivity contribution in [3.63, 3.8) is 0 Å². The predicted octanol–water partition coefficient (Wildman–Crippen LogP) is 3.76. The number of nitrogens with zero attached hydrogens (tertiary/aromatic N) is 3. The van der Waals surface area contributed by atoms with Crippen molar-refractivity contribution in [1.82, 2.24) is 19.8 Å². The summed E-state index contributed by atoms with van der Waals surface area (Å²) in [5.41, 5.74) is 3.07. The maximum absolute atomic E-state index is 12.5. The van der Waals surface area contributed by atoms with Crippen molar-refractivity contribution >= 4 is 6.03 Å². The van der Waals surface area contributed by atoms with Gasteiger partial charge >= 0.3 is 6.03 Å². The summed E-state index contributed by atoms with van der Waals surface area (Å²) in [5, 5.41) is 3.05. The molecule has 0 spiro atoms. The summed E-state index contributed by atoms with van der Waals surface area (Å²) in [6.07, 6.45) is 8.68. The van der Waals surface area contributed by atoms with Crippen LogP contribution in [-0.4, -0.2) is 27.0 Å². The zero-order valence-corrected chi connectivity index (χ0v) is 14.4. The van der Waals surface area contributed by atoms with Crippen molar-refractivity contribution in [2.45, 2.75) is 26.4 Å². The van der Waals surface area contributed by atoms with Crippen molar-refractivity contribution in [3.8, 4) is 5.69 Å². The van der Waals surface area contributed by atoms with E-state index in [1.807, 2.05) is 54.9 Å². The molecule has 2 heterocycles. The summed E-state index contributed by atoms with van der Waals surface area (Å²) in [6.45, 7) is 5.11. The van der Waals surface area contributed by atoms with Crippen LogP contribution in [0, 0.1) is 0 Å². The van der Waals surface area contributed by atoms with Crippen LogP contribution < -0.4 is 5.32 Å². The second-order valence-electron chi connectivity index (χ2n) is 5.88. The zero-order valence-electron chi connectivity index (χ0n) is 14.4. The molecular formula is C19H22N4O2. The first kappa shape index (κ1) is 16.8. The molecule has 0 aliphatic rings. The lowest BCUT2D eigenvalue weighted by Crippen LogP contribution is -2.40. The maximum atomic E-state index is 12.5. The molecular weight excluding hydrogens is 316 g/mol. The van der Waals surface area contributed by atoms with E-state index in [0.717, 1.165) is 16.8 Å². The Balaban J connectivity index is 1.62. The van der Waals surface area contributed by atoms with Crippen LogP contribution in [0.3, 0.4) is 0 Å². The Kier molecular flexibility index (Phi) is 5.18. The van der Waals surface area contributed by atoms with Gasteiger partial charge in [0.1, 0.15) is 0 Å². The fourth-order valence-corrected chi connectivity index (χ4v) is 2.64. The number of imidazole rings is 1. The van der Waals surface area contributed by atoms with Gasteiger partial charge in [0.05, 0.1) is 31.4 Å². The average Bonchev–Trinajstić information content (AvgIpc) is 3.33. The number of carbonyl (C=O) groups excluding carboxylic acids is 1. The maximum Gasteiger partial charge on any atom is 0.318 e. The molecule has 0 saturated heterocycles. The number of aromatic nitrogens is 2. The lowest BCUT2D eigenvalue weighted by molar-refractivity contribution is 0.194. The normalized spacial score (nSPS) is 11.9. The Hall–Kier alpha value is -3.02. The van der Waals surface area contributed by atoms with E-state index >= 15 is 0 Å². The number of carbonyl (C=O) groups is 1. The number of rotatable bonds is 6. The number of hydrogen-bond acceptors (Lipinski definition) is 3. The lowest BCUT2D eigenvalue weighted by atomic mass is 10.1. The SMILES string of the molecule is CCN(Cc1ccoc1)C(=O)N[C@@H](C)c1ccc(-n2ccnc2)cc1. The largest absolute Gasteiger partial charge is 0.472 e. The van der Waals surface area contributed by atoms with Gasteiger partial charge in [0.15, 0.2) is 0 Å². The molecule has 0 unspecified atom stereocenters. The van der Waals surface area contributed by atoms with Crippen molar-refractivity contribution in [2.24, 2.45) is 0 Å². The molecule has 0 fully saturated rings. The number of urea groups is 1. The average molecular weight is 338 g/mol. The summed E-state index contributed by atoms with van der Waals surface area (Å²) in [6, 6.07) is 9.77. The summed E-state index contributed by atoms with van der Waals surface area (Å²) in [7, 11) is 0. The highest BCUT2D eigenvalue weighted by Crippen LogP contribution is 2.16. The molecule has 3 rings (SSSR count). The van der Waals surface area contributed by atoms with Gasteiger partial charge in [0.2, 0.25) is 0 Å². The van der Waals surface area contributed by atoms with Crippen LogP contribution in [-0.2, 0) is 6.54 Å². The van der Waals surface area contributed by atoms with E-state index in [-0.39, 0.29) is 12.1 Å². The van der Waals surface area contributed by atoms with E-state index < -0.39 is 0 Å². The second kappa shape index (κ2) is 7.70. The third-order valence-electron chi connectivity index (χ3n) is 4.16. The number of amides is 2. The molecule has 0 radical (unpaired) electrons. The highest BCUT2D eigenvalue weighted by molar-refractivity contribution is 5.74. The smallest absolute Gasteiger partial charge is 0.318 e. The molecule has 0 saturated carbocycles. The van der Waals surface area contributed by atoms with E-state index in [1.165, 1.54) is 0 Å². The Morgan fingerprint density at radius 1 is 1.32 bits per heavy atom. The fourth-order valence-electron chi connectivity index (χ4n) is 2.64. The molecule has 6 nitrogen and oxygen atoms in total. The molecule has 1 aromatic carbocycles. The number of furan rings is 1. The monoisotopic (exact) mass is 338 g/mol. The van der Waals surface area contributed by atoms with Crippen LogP contribution in [0.15, 0.2) is 66.0 Å². The second-order valence-corrected chi connectivity index (χ2v) is 5.88. The highest BCUT2D eigenvalue weighted by atomic mass is 16.3. The van der Waals surface area contributed by atoms with E-state index in [1.54, 1.807) is 30.0 Å². The summed E-state index contributed by atoms with van der Waals surface area (Å²) in [5.74, 6) is 0. The third kappa shape index (κ3) is 4.09. The quantitative estimate of drug-likeness (QED) is 0.744. The van der Waals surface area contributed by atoms with Crippen LogP contribution in [0.5, 0.6) is 0 Å². The van der Waals surface area contributed by atoms with Gasteiger partial charge in [-0.3, -0.25) is 0 Å². The molecule has 2 amide bonds. The van der Waals surface area contributed by atoms with E-state index in [0.29, 0.717) is 13.1 Å². The minimum Gasteiger partial charge on any atom is -0.472 e. The van der Waals surface area contributed by atoms with Crippen molar-refractivity contribution in [1.29, 1.82) is 0 Å². The summed E-state index contributed by atoms with van der Waals surface area (Å²) in [4.78, 5) is 18.3.